The van der Waals surface area contributed by atoms with Gasteiger partial charge in [0.2, 0.25) is 5.91 Å². The first kappa shape index (κ1) is 14.9. The van der Waals surface area contributed by atoms with E-state index in [-0.39, 0.29) is 5.91 Å². The summed E-state index contributed by atoms with van der Waals surface area (Å²) in [5.41, 5.74) is 2.75. The zero-order valence-corrected chi connectivity index (χ0v) is 12.3. The van der Waals surface area contributed by atoms with E-state index < -0.39 is 0 Å². The van der Waals surface area contributed by atoms with E-state index >= 15 is 0 Å². The normalized spacial score (nSPS) is 11.0. The van der Waals surface area contributed by atoms with E-state index in [0.717, 1.165) is 16.9 Å². The molecule has 0 unspecified atom stereocenters. The van der Waals surface area contributed by atoms with Gasteiger partial charge in [-0.15, -0.1) is 0 Å². The third-order valence-electron chi connectivity index (χ3n) is 3.15. The summed E-state index contributed by atoms with van der Waals surface area (Å²) >= 11 is 0. The number of hydrogen-bond donors (Lipinski definition) is 1. The number of nitrogens with one attached hydrogen (secondary N) is 1. The predicted molar refractivity (Wildman–Crippen MR) is 84.9 cm³/mol. The fourth-order valence-corrected chi connectivity index (χ4v) is 1.93. The highest BCUT2D eigenvalue weighted by Crippen LogP contribution is 2.11. The predicted octanol–water partition coefficient (Wildman–Crippen LogP) is 3.41. The zero-order chi connectivity index (χ0) is 15.1. The maximum absolute atomic E-state index is 12.0. The van der Waals surface area contributed by atoms with Crippen LogP contribution in [0.5, 0.6) is 5.75 Å². The van der Waals surface area contributed by atoms with Gasteiger partial charge in [0.1, 0.15) is 5.75 Å². The molecule has 2 rings (SSSR count). The summed E-state index contributed by atoms with van der Waals surface area (Å²) < 4.78 is 5.10. The number of methoxy groups -OCH3 is 1. The van der Waals surface area contributed by atoms with E-state index in [2.05, 4.69) is 5.32 Å². The molecule has 3 heteroatoms. The van der Waals surface area contributed by atoms with Gasteiger partial charge in [-0.25, -0.2) is 0 Å². The Balaban J connectivity index is 1.93. The van der Waals surface area contributed by atoms with Crippen LogP contribution in [0.25, 0.3) is 6.08 Å². The second kappa shape index (κ2) is 7.29. The summed E-state index contributed by atoms with van der Waals surface area (Å²) in [4.78, 5) is 12.0. The summed E-state index contributed by atoms with van der Waals surface area (Å²) in [6, 6.07) is 17.5. The van der Waals surface area contributed by atoms with Crippen LogP contribution in [0.2, 0.25) is 0 Å². The summed E-state index contributed by atoms with van der Waals surface area (Å²) in [6.45, 7) is 2.32. The molecule has 3 nitrogen and oxygen atoms in total. The second-order valence-electron chi connectivity index (χ2n) is 4.77. The van der Waals surface area contributed by atoms with Gasteiger partial charge in [-0.05, 0) is 36.3 Å². The molecule has 1 N–H and O–H groups in total. The van der Waals surface area contributed by atoms with E-state index in [1.807, 2.05) is 67.6 Å². The monoisotopic (exact) mass is 281 g/mol. The van der Waals surface area contributed by atoms with Crippen LogP contribution in [-0.2, 0) is 11.3 Å². The number of ether oxygens (including phenoxy) is 1. The van der Waals surface area contributed by atoms with Crippen molar-refractivity contribution >= 4 is 12.0 Å². The molecule has 1 amide bonds. The number of carbonyl (C=O) groups excluding carboxylic acids is 1. The maximum Gasteiger partial charge on any atom is 0.247 e. The van der Waals surface area contributed by atoms with Crippen LogP contribution in [0, 0.1) is 0 Å². The number of carbonyl (C=O) groups is 1. The van der Waals surface area contributed by atoms with Gasteiger partial charge in [-0.1, -0.05) is 42.5 Å². The third kappa shape index (κ3) is 4.49. The first-order valence-corrected chi connectivity index (χ1v) is 6.83. The van der Waals surface area contributed by atoms with Gasteiger partial charge < -0.3 is 10.1 Å². The Labute approximate surface area is 125 Å². The molecule has 0 aromatic heterocycles. The lowest BCUT2D eigenvalue weighted by Crippen LogP contribution is -2.23. The van der Waals surface area contributed by atoms with Gasteiger partial charge in [0.05, 0.1) is 7.11 Å². The second-order valence-corrected chi connectivity index (χ2v) is 4.77. The van der Waals surface area contributed by atoms with E-state index in [1.54, 1.807) is 7.11 Å². The number of hydrogen-bond acceptors (Lipinski definition) is 2. The molecule has 0 bridgehead atoms. The van der Waals surface area contributed by atoms with E-state index in [9.17, 15) is 4.79 Å². The van der Waals surface area contributed by atoms with Crippen molar-refractivity contribution in [1.82, 2.24) is 5.32 Å². The quantitative estimate of drug-likeness (QED) is 0.853. The molecule has 0 radical (unpaired) electrons. The van der Waals surface area contributed by atoms with Gasteiger partial charge in [0.25, 0.3) is 0 Å². The minimum Gasteiger partial charge on any atom is -0.497 e. The fourth-order valence-electron chi connectivity index (χ4n) is 1.93. The molecule has 0 aliphatic rings. The fraction of sp³-hybridized carbons (Fsp3) is 0.167. The minimum atomic E-state index is -0.0605. The summed E-state index contributed by atoms with van der Waals surface area (Å²) in [5, 5.41) is 2.91. The first-order valence-electron chi connectivity index (χ1n) is 6.83. The van der Waals surface area contributed by atoms with Crippen molar-refractivity contribution in [3.8, 4) is 5.75 Å². The molecule has 0 saturated heterocycles. The van der Waals surface area contributed by atoms with Gasteiger partial charge in [0, 0.05) is 12.1 Å². The van der Waals surface area contributed by atoms with Crippen molar-refractivity contribution in [2.24, 2.45) is 0 Å². The molecule has 0 spiro atoms. The van der Waals surface area contributed by atoms with Gasteiger partial charge in [-0.3, -0.25) is 4.79 Å². The lowest BCUT2D eigenvalue weighted by atomic mass is 10.1. The molecule has 0 fully saturated rings. The standard InChI is InChI=1S/C18H19NO2/c1-14(12-15-6-4-3-5-7-15)18(20)19-13-16-8-10-17(21-2)11-9-16/h3-12H,13H2,1-2H3,(H,19,20)/b14-12+. The molecule has 2 aromatic carbocycles. The molecule has 108 valence electrons. The average Bonchev–Trinajstić information content (AvgIpc) is 2.54. The Morgan fingerprint density at radius 3 is 2.38 bits per heavy atom. The Kier molecular flexibility index (Phi) is 5.16. The molecule has 2 aromatic rings. The first-order chi connectivity index (χ1) is 10.2. The van der Waals surface area contributed by atoms with Crippen molar-refractivity contribution in [3.63, 3.8) is 0 Å². The van der Waals surface area contributed by atoms with Crippen LogP contribution in [0.3, 0.4) is 0 Å². The van der Waals surface area contributed by atoms with Crippen molar-refractivity contribution < 1.29 is 9.53 Å². The highest BCUT2D eigenvalue weighted by Gasteiger charge is 2.04. The molecule has 0 atom stereocenters. The minimum absolute atomic E-state index is 0.0605. The molecule has 0 saturated carbocycles. The molecular formula is C18H19NO2. The Bertz CT molecular complexity index is 615. The topological polar surface area (TPSA) is 38.3 Å². The van der Waals surface area contributed by atoms with Gasteiger partial charge in [-0.2, -0.15) is 0 Å². The van der Waals surface area contributed by atoms with E-state index in [4.69, 9.17) is 4.74 Å². The molecule has 0 aliphatic carbocycles. The zero-order valence-electron chi connectivity index (χ0n) is 12.3. The van der Waals surface area contributed by atoms with Crippen LogP contribution in [0.1, 0.15) is 18.1 Å². The third-order valence-corrected chi connectivity index (χ3v) is 3.15. The number of amides is 1. The summed E-state index contributed by atoms with van der Waals surface area (Å²) in [7, 11) is 1.63. The van der Waals surface area contributed by atoms with Crippen molar-refractivity contribution in [2.45, 2.75) is 13.5 Å². The smallest absolute Gasteiger partial charge is 0.247 e. The van der Waals surface area contributed by atoms with Crippen LogP contribution in [0.15, 0.2) is 60.2 Å². The number of rotatable bonds is 5. The molecule has 0 heterocycles. The average molecular weight is 281 g/mol. The largest absolute Gasteiger partial charge is 0.497 e. The number of benzene rings is 2. The van der Waals surface area contributed by atoms with E-state index in [1.165, 1.54) is 0 Å². The molecule has 21 heavy (non-hydrogen) atoms. The van der Waals surface area contributed by atoms with Crippen molar-refractivity contribution in [3.05, 3.63) is 71.3 Å². The van der Waals surface area contributed by atoms with Crippen molar-refractivity contribution in [2.75, 3.05) is 7.11 Å². The van der Waals surface area contributed by atoms with Gasteiger partial charge in [0.15, 0.2) is 0 Å². The highest BCUT2D eigenvalue weighted by atomic mass is 16.5. The Morgan fingerprint density at radius 2 is 1.76 bits per heavy atom. The van der Waals surface area contributed by atoms with Crippen LogP contribution < -0.4 is 10.1 Å². The summed E-state index contributed by atoms with van der Waals surface area (Å²) in [5.74, 6) is 0.750. The van der Waals surface area contributed by atoms with Gasteiger partial charge >= 0.3 is 0 Å². The summed E-state index contributed by atoms with van der Waals surface area (Å²) in [6.07, 6.45) is 1.88. The highest BCUT2D eigenvalue weighted by molar-refractivity contribution is 5.97. The van der Waals surface area contributed by atoms with Crippen LogP contribution >= 0.6 is 0 Å². The van der Waals surface area contributed by atoms with Crippen LogP contribution in [0.4, 0.5) is 0 Å². The van der Waals surface area contributed by atoms with Crippen molar-refractivity contribution in [1.29, 1.82) is 0 Å². The Morgan fingerprint density at radius 1 is 1.10 bits per heavy atom. The lowest BCUT2D eigenvalue weighted by molar-refractivity contribution is -0.117. The van der Waals surface area contributed by atoms with Crippen LogP contribution in [-0.4, -0.2) is 13.0 Å². The maximum atomic E-state index is 12.0. The lowest BCUT2D eigenvalue weighted by Gasteiger charge is -2.07. The SMILES string of the molecule is COc1ccc(CNC(=O)/C(C)=C/c2ccccc2)cc1. The van der Waals surface area contributed by atoms with E-state index in [0.29, 0.717) is 12.1 Å². The molecular weight excluding hydrogens is 262 g/mol. The Hall–Kier alpha value is -2.55. The molecule has 0 aliphatic heterocycles.